The number of carboxylic acids is 1. The quantitative estimate of drug-likeness (QED) is 0.589. The van der Waals surface area contributed by atoms with Gasteiger partial charge in [0, 0.05) is 19.0 Å². The number of rotatable bonds is 5. The van der Waals surface area contributed by atoms with Crippen molar-refractivity contribution in [2.45, 2.75) is 12.8 Å². The topological polar surface area (TPSA) is 95.9 Å². The predicted molar refractivity (Wildman–Crippen MR) is 127 cm³/mol. The molecule has 1 fully saturated rings. The van der Waals surface area contributed by atoms with Gasteiger partial charge in [0.1, 0.15) is 6.61 Å². The third-order valence-corrected chi connectivity index (χ3v) is 6.50. The summed E-state index contributed by atoms with van der Waals surface area (Å²) in [5, 5.41) is 11.8. The van der Waals surface area contributed by atoms with Crippen LogP contribution in [-0.4, -0.2) is 47.7 Å². The number of nitrogens with one attached hydrogen (secondary N) is 1. The summed E-state index contributed by atoms with van der Waals surface area (Å²) >= 11 is 0. The maximum atomic E-state index is 12.9. The van der Waals surface area contributed by atoms with Crippen LogP contribution in [0.1, 0.15) is 33.0 Å². The van der Waals surface area contributed by atoms with Gasteiger partial charge in [0.25, 0.3) is 5.91 Å². The Hall–Kier alpha value is -4.13. The molecule has 2 N–H and O–H groups in total. The Balaban J connectivity index is 1.29. The second kappa shape index (κ2) is 8.67. The van der Waals surface area contributed by atoms with Gasteiger partial charge < -0.3 is 14.7 Å². The Labute approximate surface area is 197 Å². The number of nitrogens with zero attached hydrogens (tertiary/aromatic N) is 1. The van der Waals surface area contributed by atoms with Gasteiger partial charge in [0.05, 0.1) is 17.2 Å². The highest BCUT2D eigenvalue weighted by molar-refractivity contribution is 6.03. The van der Waals surface area contributed by atoms with Gasteiger partial charge in [-0.25, -0.2) is 4.79 Å². The Morgan fingerprint density at radius 3 is 2.21 bits per heavy atom. The number of aliphatic carboxylic acids is 1. The number of amides is 2. The van der Waals surface area contributed by atoms with Gasteiger partial charge in [-0.2, -0.15) is 0 Å². The van der Waals surface area contributed by atoms with E-state index in [-0.39, 0.29) is 31.5 Å². The zero-order valence-electron chi connectivity index (χ0n) is 18.7. The molecule has 0 atom stereocenters. The first-order chi connectivity index (χ1) is 16.4. The molecular weight excluding hydrogens is 432 g/mol. The van der Waals surface area contributed by atoms with Crippen molar-refractivity contribution in [1.82, 2.24) is 4.90 Å². The normalized spacial score (nSPS) is 14.7. The Bertz CT molecular complexity index is 1250. The molecule has 2 aliphatic rings. The number of hydrogen-bond acceptors (Lipinski definition) is 4. The standard InChI is InChI=1S/C27H24N2O5/c1-16-10-11-24(22(12-16)25(30)29-13-17(14-29)26(31)32)28-27(33)34-15-23-20-8-4-2-6-18(20)19-7-3-5-9-21(19)23/h2-12,17,23H,13-15H2,1H3,(H,28,33)(H,31,32). The van der Waals surface area contributed by atoms with E-state index in [2.05, 4.69) is 29.6 Å². The van der Waals surface area contributed by atoms with E-state index in [1.165, 1.54) is 4.90 Å². The molecule has 0 saturated carbocycles. The van der Waals surface area contributed by atoms with E-state index in [9.17, 15) is 14.4 Å². The molecule has 1 saturated heterocycles. The van der Waals surface area contributed by atoms with Crippen LogP contribution in [0.2, 0.25) is 0 Å². The van der Waals surface area contributed by atoms with Gasteiger partial charge in [-0.15, -0.1) is 0 Å². The van der Waals surface area contributed by atoms with Gasteiger partial charge in [-0.1, -0.05) is 60.2 Å². The lowest BCUT2D eigenvalue weighted by molar-refractivity contribution is -0.146. The number of hydrogen-bond donors (Lipinski definition) is 2. The molecule has 5 rings (SSSR count). The van der Waals surface area contributed by atoms with Gasteiger partial charge >= 0.3 is 12.1 Å². The van der Waals surface area contributed by atoms with Crippen molar-refractivity contribution in [3.63, 3.8) is 0 Å². The van der Waals surface area contributed by atoms with E-state index in [4.69, 9.17) is 9.84 Å². The zero-order chi connectivity index (χ0) is 23.8. The number of aryl methyl sites for hydroxylation is 1. The number of benzene rings is 3. The SMILES string of the molecule is Cc1ccc(NC(=O)OCC2c3ccccc3-c3ccccc32)c(C(=O)N2CC(C(=O)O)C2)c1. The fourth-order valence-electron chi connectivity index (χ4n) is 4.66. The monoisotopic (exact) mass is 456 g/mol. The van der Waals surface area contributed by atoms with E-state index in [0.29, 0.717) is 11.3 Å². The fourth-order valence-corrected chi connectivity index (χ4v) is 4.66. The third kappa shape index (κ3) is 3.90. The summed E-state index contributed by atoms with van der Waals surface area (Å²) in [6.45, 7) is 2.34. The molecule has 3 aromatic rings. The summed E-state index contributed by atoms with van der Waals surface area (Å²) < 4.78 is 5.61. The maximum absolute atomic E-state index is 12.9. The average molecular weight is 456 g/mol. The lowest BCUT2D eigenvalue weighted by atomic mass is 9.98. The first-order valence-corrected chi connectivity index (χ1v) is 11.2. The Kier molecular flexibility index (Phi) is 5.53. The molecule has 0 unspecified atom stereocenters. The van der Waals surface area contributed by atoms with Crippen LogP contribution in [0.4, 0.5) is 10.5 Å². The number of ether oxygens (including phenoxy) is 1. The van der Waals surface area contributed by atoms with Crippen LogP contribution in [0.3, 0.4) is 0 Å². The van der Waals surface area contributed by atoms with Gasteiger partial charge in [0.15, 0.2) is 0 Å². The van der Waals surface area contributed by atoms with Crippen LogP contribution < -0.4 is 5.32 Å². The minimum Gasteiger partial charge on any atom is -0.481 e. The smallest absolute Gasteiger partial charge is 0.411 e. The summed E-state index contributed by atoms with van der Waals surface area (Å²) in [4.78, 5) is 38.2. The molecule has 0 radical (unpaired) electrons. The largest absolute Gasteiger partial charge is 0.481 e. The summed E-state index contributed by atoms with van der Waals surface area (Å²) in [7, 11) is 0. The fraction of sp³-hybridized carbons (Fsp3) is 0.222. The van der Waals surface area contributed by atoms with Crippen LogP contribution in [0.5, 0.6) is 0 Å². The molecule has 1 aliphatic heterocycles. The molecule has 172 valence electrons. The van der Waals surface area contributed by atoms with Crippen LogP contribution in [0.25, 0.3) is 11.1 Å². The highest BCUT2D eigenvalue weighted by atomic mass is 16.5. The number of likely N-dealkylation sites (tertiary alicyclic amines) is 1. The van der Waals surface area contributed by atoms with Crippen LogP contribution in [0, 0.1) is 12.8 Å². The van der Waals surface area contributed by atoms with Gasteiger partial charge in [0.2, 0.25) is 0 Å². The molecule has 7 nitrogen and oxygen atoms in total. The van der Waals surface area contributed by atoms with Crippen molar-refractivity contribution in [1.29, 1.82) is 0 Å². The zero-order valence-corrected chi connectivity index (χ0v) is 18.7. The second-order valence-corrected chi connectivity index (χ2v) is 8.74. The van der Waals surface area contributed by atoms with Crippen molar-refractivity contribution in [3.05, 3.63) is 89.0 Å². The van der Waals surface area contributed by atoms with E-state index in [1.807, 2.05) is 31.2 Å². The molecule has 2 amide bonds. The molecular formula is C27H24N2O5. The van der Waals surface area contributed by atoms with Crippen molar-refractivity contribution < 1.29 is 24.2 Å². The summed E-state index contributed by atoms with van der Waals surface area (Å²) in [6, 6.07) is 21.4. The first-order valence-electron chi connectivity index (χ1n) is 11.2. The molecule has 7 heteroatoms. The molecule has 0 bridgehead atoms. The molecule has 1 aliphatic carbocycles. The van der Waals surface area contributed by atoms with Crippen molar-refractivity contribution in [3.8, 4) is 11.1 Å². The van der Waals surface area contributed by atoms with E-state index in [1.54, 1.807) is 18.2 Å². The van der Waals surface area contributed by atoms with E-state index >= 15 is 0 Å². The van der Waals surface area contributed by atoms with Crippen molar-refractivity contribution in [2.75, 3.05) is 25.0 Å². The lowest BCUT2D eigenvalue weighted by Crippen LogP contribution is -2.53. The summed E-state index contributed by atoms with van der Waals surface area (Å²) in [6.07, 6.45) is -0.646. The minimum absolute atomic E-state index is 0.0636. The predicted octanol–water partition coefficient (Wildman–Crippen LogP) is 4.51. The van der Waals surface area contributed by atoms with Gasteiger partial charge in [-0.05, 0) is 41.3 Å². The van der Waals surface area contributed by atoms with Crippen molar-refractivity contribution in [2.24, 2.45) is 5.92 Å². The lowest BCUT2D eigenvalue weighted by Gasteiger charge is -2.37. The van der Waals surface area contributed by atoms with Crippen LogP contribution >= 0.6 is 0 Å². The minimum atomic E-state index is -0.912. The highest BCUT2D eigenvalue weighted by Crippen LogP contribution is 2.44. The molecule has 0 aromatic heterocycles. The number of carbonyl (C=O) groups is 3. The van der Waals surface area contributed by atoms with Crippen LogP contribution in [-0.2, 0) is 9.53 Å². The highest BCUT2D eigenvalue weighted by Gasteiger charge is 2.37. The van der Waals surface area contributed by atoms with E-state index < -0.39 is 18.0 Å². The van der Waals surface area contributed by atoms with Crippen LogP contribution in [0.15, 0.2) is 66.7 Å². The van der Waals surface area contributed by atoms with Crippen molar-refractivity contribution >= 4 is 23.7 Å². The average Bonchev–Trinajstić information content (AvgIpc) is 3.11. The van der Waals surface area contributed by atoms with Gasteiger partial charge in [-0.3, -0.25) is 14.9 Å². The third-order valence-electron chi connectivity index (χ3n) is 6.50. The molecule has 34 heavy (non-hydrogen) atoms. The summed E-state index contributed by atoms with van der Waals surface area (Å²) in [5.74, 6) is -1.83. The number of anilines is 1. The maximum Gasteiger partial charge on any atom is 0.411 e. The van der Waals surface area contributed by atoms with E-state index in [0.717, 1.165) is 27.8 Å². The first kappa shape index (κ1) is 21.7. The summed E-state index contributed by atoms with van der Waals surface area (Å²) in [5.41, 5.74) is 6.04. The Morgan fingerprint density at radius 2 is 1.59 bits per heavy atom. The molecule has 0 spiro atoms. The molecule has 1 heterocycles. The number of fused-ring (bicyclic) bond motifs is 3. The number of carbonyl (C=O) groups excluding carboxylic acids is 2. The Morgan fingerprint density at radius 1 is 0.971 bits per heavy atom. The molecule has 3 aromatic carbocycles. The number of carboxylic acid groups (broad SMARTS) is 1. The second-order valence-electron chi connectivity index (χ2n) is 8.74.